The van der Waals surface area contributed by atoms with Gasteiger partial charge in [0, 0.05) is 12.0 Å². The number of aliphatic imine (C=N–C) groups is 1. The molecule has 1 atom stereocenters. The Hall–Kier alpha value is -2.42. The van der Waals surface area contributed by atoms with Gasteiger partial charge in [-0.05, 0) is 31.5 Å². The number of nitrogens with zero attached hydrogens (tertiary/aromatic N) is 1. The van der Waals surface area contributed by atoms with Crippen molar-refractivity contribution in [3.05, 3.63) is 71.3 Å². The highest BCUT2D eigenvalue weighted by Crippen LogP contribution is 2.27. The van der Waals surface area contributed by atoms with Crippen molar-refractivity contribution < 1.29 is 9.53 Å². The molecule has 2 aromatic rings. The summed E-state index contributed by atoms with van der Waals surface area (Å²) < 4.78 is 5.39. The Balaban J connectivity index is 1.89. The van der Waals surface area contributed by atoms with Crippen LogP contribution in [0.2, 0.25) is 0 Å². The van der Waals surface area contributed by atoms with E-state index in [0.29, 0.717) is 12.3 Å². The SMILES string of the molecule is Cc1ccc(C2=N[C@@](C)(Cc3ccccc3)C(=O)O2)cc1. The molecule has 1 heterocycles. The minimum Gasteiger partial charge on any atom is -0.405 e. The van der Waals surface area contributed by atoms with Gasteiger partial charge in [0.2, 0.25) is 5.90 Å². The van der Waals surface area contributed by atoms with Crippen molar-refractivity contribution in [2.45, 2.75) is 25.8 Å². The van der Waals surface area contributed by atoms with Crippen molar-refractivity contribution in [2.75, 3.05) is 0 Å². The smallest absolute Gasteiger partial charge is 0.340 e. The lowest BCUT2D eigenvalue weighted by atomic mass is 9.94. The van der Waals surface area contributed by atoms with Crippen LogP contribution in [-0.2, 0) is 16.0 Å². The predicted octanol–water partition coefficient (Wildman–Crippen LogP) is 3.30. The molecule has 0 spiro atoms. The van der Waals surface area contributed by atoms with Gasteiger partial charge in [0.25, 0.3) is 0 Å². The van der Waals surface area contributed by atoms with Gasteiger partial charge in [0.15, 0.2) is 5.54 Å². The lowest BCUT2D eigenvalue weighted by molar-refractivity contribution is -0.138. The van der Waals surface area contributed by atoms with Crippen molar-refractivity contribution >= 4 is 11.9 Å². The maximum absolute atomic E-state index is 12.2. The van der Waals surface area contributed by atoms with Crippen LogP contribution in [0.4, 0.5) is 0 Å². The zero-order valence-corrected chi connectivity index (χ0v) is 12.2. The first-order valence-corrected chi connectivity index (χ1v) is 7.00. The molecule has 0 fully saturated rings. The third kappa shape index (κ3) is 2.72. The third-order valence-corrected chi connectivity index (χ3v) is 3.67. The van der Waals surface area contributed by atoms with Crippen molar-refractivity contribution in [3.8, 4) is 0 Å². The summed E-state index contributed by atoms with van der Waals surface area (Å²) in [6.07, 6.45) is 0.544. The molecular weight excluding hydrogens is 262 g/mol. The quantitative estimate of drug-likeness (QED) is 0.809. The Morgan fingerprint density at radius 3 is 2.38 bits per heavy atom. The molecule has 0 N–H and O–H groups in total. The highest BCUT2D eigenvalue weighted by molar-refractivity contribution is 6.07. The second kappa shape index (κ2) is 5.17. The normalized spacial score (nSPS) is 21.0. The molecule has 21 heavy (non-hydrogen) atoms. The van der Waals surface area contributed by atoms with Gasteiger partial charge in [0.1, 0.15) is 0 Å². The first-order chi connectivity index (χ1) is 10.1. The minimum atomic E-state index is -0.846. The summed E-state index contributed by atoms with van der Waals surface area (Å²) in [4.78, 5) is 16.8. The monoisotopic (exact) mass is 279 g/mol. The molecule has 106 valence electrons. The van der Waals surface area contributed by atoms with E-state index in [2.05, 4.69) is 4.99 Å². The largest absolute Gasteiger partial charge is 0.405 e. The molecule has 0 amide bonds. The Bertz CT molecular complexity index is 689. The summed E-state index contributed by atoms with van der Waals surface area (Å²) in [5, 5.41) is 0. The maximum atomic E-state index is 12.2. The number of esters is 1. The lowest BCUT2D eigenvalue weighted by Crippen LogP contribution is -2.32. The molecule has 0 saturated carbocycles. The van der Waals surface area contributed by atoms with Crippen molar-refractivity contribution in [1.29, 1.82) is 0 Å². The molecule has 0 saturated heterocycles. The fraction of sp³-hybridized carbons (Fsp3) is 0.222. The average Bonchev–Trinajstić information content (AvgIpc) is 2.76. The van der Waals surface area contributed by atoms with Crippen molar-refractivity contribution in [1.82, 2.24) is 0 Å². The van der Waals surface area contributed by atoms with Gasteiger partial charge >= 0.3 is 5.97 Å². The van der Waals surface area contributed by atoms with Crippen LogP contribution in [0.15, 0.2) is 59.6 Å². The van der Waals surface area contributed by atoms with E-state index in [-0.39, 0.29) is 5.97 Å². The van der Waals surface area contributed by atoms with Crippen LogP contribution in [-0.4, -0.2) is 17.4 Å². The molecule has 2 aromatic carbocycles. The van der Waals surface area contributed by atoms with E-state index in [9.17, 15) is 4.79 Å². The molecule has 1 aliphatic rings. The predicted molar refractivity (Wildman–Crippen MR) is 82.4 cm³/mol. The summed E-state index contributed by atoms with van der Waals surface area (Å²) in [5.74, 6) is 0.125. The van der Waals surface area contributed by atoms with Gasteiger partial charge in [-0.25, -0.2) is 9.79 Å². The zero-order chi connectivity index (χ0) is 14.9. The van der Waals surface area contributed by atoms with Crippen LogP contribution in [0.5, 0.6) is 0 Å². The Kier molecular flexibility index (Phi) is 3.34. The number of hydrogen-bond acceptors (Lipinski definition) is 3. The number of carbonyl (C=O) groups excluding carboxylic acids is 1. The Labute approximate surface area is 124 Å². The number of ether oxygens (including phenoxy) is 1. The topological polar surface area (TPSA) is 38.7 Å². The number of rotatable bonds is 3. The Morgan fingerprint density at radius 2 is 1.71 bits per heavy atom. The molecular formula is C18H17NO2. The Morgan fingerprint density at radius 1 is 1.05 bits per heavy atom. The standard InChI is InChI=1S/C18H17NO2/c1-13-8-10-15(11-9-13)16-19-18(2,17(20)21-16)12-14-6-4-3-5-7-14/h3-11H,12H2,1-2H3/t18-/m0/s1. The second-order valence-electron chi connectivity index (χ2n) is 5.61. The van der Waals surface area contributed by atoms with E-state index >= 15 is 0 Å². The highest BCUT2D eigenvalue weighted by atomic mass is 16.6. The summed E-state index contributed by atoms with van der Waals surface area (Å²) in [6.45, 7) is 3.84. The van der Waals surface area contributed by atoms with Crippen LogP contribution < -0.4 is 0 Å². The zero-order valence-electron chi connectivity index (χ0n) is 12.2. The lowest BCUT2D eigenvalue weighted by Gasteiger charge is -2.15. The van der Waals surface area contributed by atoms with E-state index in [4.69, 9.17) is 4.74 Å². The van der Waals surface area contributed by atoms with Crippen LogP contribution >= 0.6 is 0 Å². The number of aryl methyl sites for hydroxylation is 1. The van der Waals surface area contributed by atoms with E-state index in [0.717, 1.165) is 16.7 Å². The van der Waals surface area contributed by atoms with Crippen molar-refractivity contribution in [3.63, 3.8) is 0 Å². The fourth-order valence-corrected chi connectivity index (χ4v) is 2.41. The number of hydrogen-bond donors (Lipinski definition) is 0. The van der Waals surface area contributed by atoms with Gasteiger partial charge in [-0.15, -0.1) is 0 Å². The highest BCUT2D eigenvalue weighted by Gasteiger charge is 2.41. The first-order valence-electron chi connectivity index (χ1n) is 7.00. The third-order valence-electron chi connectivity index (χ3n) is 3.67. The molecule has 0 bridgehead atoms. The number of benzene rings is 2. The summed E-state index contributed by atoms with van der Waals surface area (Å²) in [6, 6.07) is 17.7. The second-order valence-corrected chi connectivity index (χ2v) is 5.61. The van der Waals surface area contributed by atoms with Gasteiger partial charge < -0.3 is 4.74 Å². The van der Waals surface area contributed by atoms with Gasteiger partial charge in [0.05, 0.1) is 0 Å². The average molecular weight is 279 g/mol. The minimum absolute atomic E-state index is 0.290. The molecule has 0 aliphatic carbocycles. The van der Waals surface area contributed by atoms with E-state index in [1.165, 1.54) is 0 Å². The van der Waals surface area contributed by atoms with Crippen LogP contribution in [0.1, 0.15) is 23.6 Å². The van der Waals surface area contributed by atoms with Crippen molar-refractivity contribution in [2.24, 2.45) is 4.99 Å². The van der Waals surface area contributed by atoms with E-state index < -0.39 is 5.54 Å². The molecule has 3 rings (SSSR count). The summed E-state index contributed by atoms with van der Waals surface area (Å²) in [7, 11) is 0. The molecule has 0 unspecified atom stereocenters. The van der Waals surface area contributed by atoms with E-state index in [1.54, 1.807) is 0 Å². The number of cyclic esters (lactones) is 1. The number of carbonyl (C=O) groups is 1. The fourth-order valence-electron chi connectivity index (χ4n) is 2.41. The molecule has 3 nitrogen and oxygen atoms in total. The van der Waals surface area contributed by atoms with Crippen LogP contribution in [0.25, 0.3) is 0 Å². The van der Waals surface area contributed by atoms with Gasteiger partial charge in [-0.3, -0.25) is 0 Å². The first kappa shape index (κ1) is 13.6. The van der Waals surface area contributed by atoms with Gasteiger partial charge in [-0.2, -0.15) is 0 Å². The molecule has 0 radical (unpaired) electrons. The molecule has 3 heteroatoms. The molecule has 0 aromatic heterocycles. The van der Waals surface area contributed by atoms with Crippen LogP contribution in [0.3, 0.4) is 0 Å². The molecule has 1 aliphatic heterocycles. The van der Waals surface area contributed by atoms with Crippen LogP contribution in [0, 0.1) is 6.92 Å². The van der Waals surface area contributed by atoms with Gasteiger partial charge in [-0.1, -0.05) is 48.0 Å². The van der Waals surface area contributed by atoms with E-state index in [1.807, 2.05) is 68.4 Å². The summed E-state index contributed by atoms with van der Waals surface area (Å²) in [5.41, 5.74) is 2.23. The maximum Gasteiger partial charge on any atom is 0.340 e. The summed E-state index contributed by atoms with van der Waals surface area (Å²) >= 11 is 0.